The lowest BCUT2D eigenvalue weighted by atomic mass is 9.96. The van der Waals surface area contributed by atoms with E-state index in [0.29, 0.717) is 24.5 Å². The molecule has 2 aliphatic heterocycles. The average Bonchev–Trinajstić information content (AvgIpc) is 4.05. The molecule has 5 unspecified atom stereocenters. The molecule has 2 saturated heterocycles. The zero-order chi connectivity index (χ0) is 43.6. The maximum absolute atomic E-state index is 14.6. The number of H-pyrrole nitrogens is 1. The number of carbonyl (C=O) groups excluding carboxylic acids is 4. The molecular weight excluding hydrogens is 773 g/mol. The fourth-order valence-corrected chi connectivity index (χ4v) is 8.59. The van der Waals surface area contributed by atoms with Crippen LogP contribution < -0.4 is 9.96 Å². The first-order valence-electron chi connectivity index (χ1n) is 21.1. The number of quaternary nitrogens is 1. The molecule has 61 heavy (non-hydrogen) atoms. The highest BCUT2D eigenvalue weighted by Crippen LogP contribution is 2.38. The number of nitrogens with zero attached hydrogens (tertiary/aromatic N) is 4. The number of imidazole rings is 1. The Bertz CT molecular complexity index is 2390. The van der Waals surface area contributed by atoms with Crippen LogP contribution in [0.25, 0.3) is 33.2 Å². The van der Waals surface area contributed by atoms with Gasteiger partial charge in [-0.05, 0) is 105 Å². The van der Waals surface area contributed by atoms with Crippen molar-refractivity contribution in [3.05, 3.63) is 114 Å². The molecule has 0 bridgehead atoms. The zero-order valence-electron chi connectivity index (χ0n) is 36.0. The van der Waals surface area contributed by atoms with Crippen molar-refractivity contribution in [1.82, 2.24) is 29.7 Å². The third-order valence-corrected chi connectivity index (χ3v) is 11.9. The van der Waals surface area contributed by atoms with Gasteiger partial charge in [-0.25, -0.2) is 19.4 Å². The quantitative estimate of drug-likeness (QED) is 0.104. The van der Waals surface area contributed by atoms with Crippen LogP contribution in [0.4, 0.5) is 15.3 Å². The average molecular weight is 829 g/mol. The second-order valence-corrected chi connectivity index (χ2v) is 17.4. The lowest BCUT2D eigenvalue weighted by Crippen LogP contribution is -2.57. The van der Waals surface area contributed by atoms with E-state index in [1.165, 1.54) is 12.0 Å². The van der Waals surface area contributed by atoms with Gasteiger partial charge in [-0.15, -0.1) is 0 Å². The Morgan fingerprint density at radius 1 is 0.918 bits per heavy atom. The molecule has 2 fully saturated rings. The second-order valence-electron chi connectivity index (χ2n) is 17.4. The number of carbonyl (C=O) groups is 4. The molecule has 0 spiro atoms. The van der Waals surface area contributed by atoms with Crippen molar-refractivity contribution in [3.63, 3.8) is 0 Å². The number of nitrogens with one attached hydrogen (secondary N) is 2. The van der Waals surface area contributed by atoms with Crippen LogP contribution >= 0.6 is 0 Å². The van der Waals surface area contributed by atoms with Gasteiger partial charge >= 0.3 is 18.1 Å². The smallest absolute Gasteiger partial charge is 0.411 e. The number of likely N-dealkylation sites (N-methyl/N-ethyl adjacent to an activating group) is 1. The van der Waals surface area contributed by atoms with E-state index in [4.69, 9.17) is 14.5 Å². The summed E-state index contributed by atoms with van der Waals surface area (Å²) in [5.74, 6) is -0.285. The lowest BCUT2D eigenvalue weighted by molar-refractivity contribution is -0.135. The van der Waals surface area contributed by atoms with Crippen LogP contribution in [-0.2, 0) is 19.1 Å². The predicted molar refractivity (Wildman–Crippen MR) is 236 cm³/mol. The first kappa shape index (κ1) is 43.1. The minimum atomic E-state index is -1.21. The van der Waals surface area contributed by atoms with Crippen molar-refractivity contribution in [2.45, 2.75) is 90.4 Å². The molecular formula is C48H56N6O7. The highest BCUT2D eigenvalue weighted by molar-refractivity contribution is 5.96. The fraction of sp³-hybridized carbons (Fsp3) is 0.396. The van der Waals surface area contributed by atoms with Crippen LogP contribution in [0.1, 0.15) is 84.2 Å². The van der Waals surface area contributed by atoms with Gasteiger partial charge in [0.25, 0.3) is 0 Å². The van der Waals surface area contributed by atoms with Gasteiger partial charge < -0.3 is 29.9 Å². The van der Waals surface area contributed by atoms with Gasteiger partial charge in [0.2, 0.25) is 5.91 Å². The highest BCUT2D eigenvalue weighted by Gasteiger charge is 2.48. The molecule has 0 aliphatic carbocycles. The summed E-state index contributed by atoms with van der Waals surface area (Å²) in [6.07, 6.45) is 2.54. The SMILES string of the molecule is CC[N+]([O-])(C(=O)C1CC(c2ccccc2)CN1C(=O)OC(C)(C)C)c1ccc(-c2ccc3cc(-c4c[nH]c(C5CCCN5C(=O)C(NC(=O)OC)C(C)C)n4)ccc3c2)cc1. The van der Waals surface area contributed by atoms with Crippen molar-refractivity contribution in [1.29, 1.82) is 0 Å². The van der Waals surface area contributed by atoms with Crippen LogP contribution in [0.15, 0.2) is 97.2 Å². The first-order valence-corrected chi connectivity index (χ1v) is 21.1. The fourth-order valence-electron chi connectivity index (χ4n) is 8.59. The van der Waals surface area contributed by atoms with Crippen LogP contribution in [0.3, 0.4) is 0 Å². The Hall–Kier alpha value is -6.05. The van der Waals surface area contributed by atoms with Crippen molar-refractivity contribution in [3.8, 4) is 22.4 Å². The van der Waals surface area contributed by atoms with Gasteiger partial charge in [-0.2, -0.15) is 0 Å². The van der Waals surface area contributed by atoms with Crippen LogP contribution in [-0.4, -0.2) is 88.2 Å². The Labute approximate surface area is 357 Å². The Morgan fingerprint density at radius 3 is 2.21 bits per heavy atom. The predicted octanol–water partition coefficient (Wildman–Crippen LogP) is 9.09. The number of amides is 4. The Kier molecular flexibility index (Phi) is 12.4. The molecule has 7 rings (SSSR count). The van der Waals surface area contributed by atoms with Crippen molar-refractivity contribution < 1.29 is 28.7 Å². The molecule has 13 heteroatoms. The van der Waals surface area contributed by atoms with Gasteiger partial charge in [0.1, 0.15) is 23.2 Å². The summed E-state index contributed by atoms with van der Waals surface area (Å²) in [6, 6.07) is 27.3. The molecule has 2 N–H and O–H groups in total. The molecule has 0 radical (unpaired) electrons. The molecule has 320 valence electrons. The molecule has 5 atom stereocenters. The summed E-state index contributed by atoms with van der Waals surface area (Å²) in [6.45, 7) is 11.7. The van der Waals surface area contributed by atoms with E-state index in [2.05, 4.69) is 22.4 Å². The number of fused-ring (bicyclic) bond motifs is 1. The minimum absolute atomic E-state index is 0.0349. The number of benzene rings is 4. The van der Waals surface area contributed by atoms with E-state index >= 15 is 0 Å². The first-order chi connectivity index (χ1) is 29.1. The standard InChI is InChI=1S/C48H56N6O7/c1-8-54(59,45(56)41-27-37(31-13-10-9-11-14-31)29-53(41)47(58)61-48(4,5)6)38-22-20-32(21-23-38)33-16-17-35-26-36(19-18-34(35)25-33)39-28-49-43(50-39)40-15-12-24-52(40)44(55)42(30(2)3)51-46(57)60-7/h9-11,13-14,16-23,25-26,28,30,37,40-42H,8,12,15,24,27,29H2,1-7H3,(H,49,50)(H,51,57). The normalized spacial score (nSPS) is 19.5. The largest absolute Gasteiger partial charge is 0.620 e. The number of hydroxylamine groups is 2. The number of aromatic amines is 1. The van der Waals surface area contributed by atoms with Gasteiger partial charge in [-0.1, -0.05) is 68.4 Å². The zero-order valence-corrected chi connectivity index (χ0v) is 36.0. The van der Waals surface area contributed by atoms with Gasteiger partial charge in [-0.3, -0.25) is 14.3 Å². The number of methoxy groups -OCH3 is 1. The van der Waals surface area contributed by atoms with E-state index in [-0.39, 0.29) is 36.9 Å². The summed E-state index contributed by atoms with van der Waals surface area (Å²) >= 11 is 0. The van der Waals surface area contributed by atoms with Crippen molar-refractivity contribution in [2.24, 2.45) is 5.92 Å². The number of hydrogen-bond acceptors (Lipinski definition) is 8. The molecule has 1 aromatic heterocycles. The Morgan fingerprint density at radius 2 is 1.57 bits per heavy atom. The topological polar surface area (TPSA) is 157 Å². The minimum Gasteiger partial charge on any atom is -0.620 e. The van der Waals surface area contributed by atoms with E-state index in [0.717, 1.165) is 51.6 Å². The maximum Gasteiger partial charge on any atom is 0.411 e. The number of alkyl carbamates (subject to hydrolysis) is 1. The third kappa shape index (κ3) is 9.03. The van der Waals surface area contributed by atoms with Gasteiger partial charge in [0.05, 0.1) is 25.4 Å². The second kappa shape index (κ2) is 17.5. The van der Waals surface area contributed by atoms with Gasteiger partial charge in [0, 0.05) is 42.9 Å². The van der Waals surface area contributed by atoms with E-state index < -0.39 is 40.4 Å². The molecule has 4 aromatic carbocycles. The molecule has 2 aliphatic rings. The lowest BCUT2D eigenvalue weighted by Gasteiger charge is -2.41. The van der Waals surface area contributed by atoms with Gasteiger partial charge in [0.15, 0.2) is 6.04 Å². The Balaban J connectivity index is 1.07. The number of hydrogen-bond donors (Lipinski definition) is 2. The summed E-state index contributed by atoms with van der Waals surface area (Å²) in [7, 11) is 1.28. The molecule has 0 saturated carbocycles. The number of likely N-dealkylation sites (tertiary alicyclic amines) is 2. The summed E-state index contributed by atoms with van der Waals surface area (Å²) < 4.78 is 9.27. The summed E-state index contributed by atoms with van der Waals surface area (Å²) in [5.41, 5.74) is 4.07. The number of aromatic nitrogens is 2. The van der Waals surface area contributed by atoms with Crippen molar-refractivity contribution in [2.75, 3.05) is 26.7 Å². The highest BCUT2D eigenvalue weighted by atomic mass is 16.6. The van der Waals surface area contributed by atoms with E-state index in [1.807, 2.05) is 86.8 Å². The maximum atomic E-state index is 14.6. The summed E-state index contributed by atoms with van der Waals surface area (Å²) in [4.78, 5) is 64.9. The summed E-state index contributed by atoms with van der Waals surface area (Å²) in [5, 5.41) is 19.3. The number of ether oxygens (including phenoxy) is 2. The van der Waals surface area contributed by atoms with E-state index in [1.54, 1.807) is 44.7 Å². The molecule has 13 nitrogen and oxygen atoms in total. The van der Waals surface area contributed by atoms with Crippen LogP contribution in [0.2, 0.25) is 0 Å². The van der Waals surface area contributed by atoms with Crippen LogP contribution in [0, 0.1) is 11.1 Å². The van der Waals surface area contributed by atoms with Crippen LogP contribution in [0.5, 0.6) is 0 Å². The number of rotatable bonds is 10. The molecule has 3 heterocycles. The monoisotopic (exact) mass is 828 g/mol. The third-order valence-electron chi connectivity index (χ3n) is 11.9. The molecule has 5 aromatic rings. The van der Waals surface area contributed by atoms with E-state index in [9.17, 15) is 24.4 Å². The van der Waals surface area contributed by atoms with Crippen molar-refractivity contribution >= 4 is 40.5 Å². The molecule has 4 amide bonds.